The number of benzene rings is 2. The Morgan fingerprint density at radius 2 is 1.73 bits per heavy atom. The van der Waals surface area contributed by atoms with Gasteiger partial charge in [-0.05, 0) is 35.4 Å². The first-order valence-electron chi connectivity index (χ1n) is 9.25. The van der Waals surface area contributed by atoms with Crippen molar-refractivity contribution in [1.82, 2.24) is 4.90 Å². The zero-order chi connectivity index (χ0) is 18.1. The van der Waals surface area contributed by atoms with Gasteiger partial charge in [0.25, 0.3) is 0 Å². The number of amides is 1. The maximum atomic E-state index is 13.0. The molecule has 2 aromatic carbocycles. The standard InChI is InChI=1S/C21H25NO4/c1-15(16-3-4-18-14-19(24-2)6-5-17(18)13-16)20(23)22-9-7-21(8-10-22)25-11-12-26-21/h3-6,13-15H,7-12H2,1-2H3/t15-/m0/s1. The van der Waals surface area contributed by atoms with Crippen molar-refractivity contribution < 1.29 is 19.0 Å². The number of hydrogen-bond donors (Lipinski definition) is 0. The van der Waals surface area contributed by atoms with Crippen LogP contribution in [0.3, 0.4) is 0 Å². The van der Waals surface area contributed by atoms with Crippen molar-refractivity contribution in [3.63, 3.8) is 0 Å². The average Bonchev–Trinajstić information content (AvgIpc) is 3.14. The summed E-state index contributed by atoms with van der Waals surface area (Å²) in [7, 11) is 1.67. The largest absolute Gasteiger partial charge is 0.497 e. The Labute approximate surface area is 153 Å². The van der Waals surface area contributed by atoms with Crippen LogP contribution < -0.4 is 4.74 Å². The normalized spacial score (nSPS) is 20.5. The molecular weight excluding hydrogens is 330 g/mol. The molecule has 0 aliphatic carbocycles. The summed E-state index contributed by atoms with van der Waals surface area (Å²) in [5.74, 6) is 0.404. The molecule has 2 aliphatic heterocycles. The first kappa shape index (κ1) is 17.3. The van der Waals surface area contributed by atoms with Crippen molar-refractivity contribution in [2.24, 2.45) is 0 Å². The molecule has 138 valence electrons. The molecule has 2 fully saturated rings. The Morgan fingerprint density at radius 3 is 2.42 bits per heavy atom. The summed E-state index contributed by atoms with van der Waals surface area (Å²) in [6.07, 6.45) is 1.51. The van der Waals surface area contributed by atoms with Crippen LogP contribution in [0.5, 0.6) is 5.75 Å². The van der Waals surface area contributed by atoms with E-state index < -0.39 is 5.79 Å². The maximum Gasteiger partial charge on any atom is 0.229 e. The van der Waals surface area contributed by atoms with E-state index in [2.05, 4.69) is 12.1 Å². The van der Waals surface area contributed by atoms with E-state index >= 15 is 0 Å². The van der Waals surface area contributed by atoms with Gasteiger partial charge in [-0.15, -0.1) is 0 Å². The molecule has 0 bridgehead atoms. The van der Waals surface area contributed by atoms with Crippen molar-refractivity contribution in [3.8, 4) is 5.75 Å². The number of carbonyl (C=O) groups excluding carboxylic acids is 1. The van der Waals surface area contributed by atoms with Gasteiger partial charge in [0.1, 0.15) is 5.75 Å². The first-order valence-corrected chi connectivity index (χ1v) is 9.25. The van der Waals surface area contributed by atoms with Crippen LogP contribution in [-0.2, 0) is 14.3 Å². The summed E-state index contributed by atoms with van der Waals surface area (Å²) in [5.41, 5.74) is 1.04. The minimum absolute atomic E-state index is 0.166. The highest BCUT2D eigenvalue weighted by atomic mass is 16.7. The van der Waals surface area contributed by atoms with Crippen molar-refractivity contribution in [2.75, 3.05) is 33.4 Å². The molecule has 2 aliphatic rings. The molecule has 1 spiro atoms. The van der Waals surface area contributed by atoms with Crippen LogP contribution in [0.2, 0.25) is 0 Å². The zero-order valence-electron chi connectivity index (χ0n) is 15.4. The van der Waals surface area contributed by atoms with Gasteiger partial charge in [0, 0.05) is 25.9 Å². The Balaban J connectivity index is 1.47. The number of nitrogens with zero attached hydrogens (tertiary/aromatic N) is 1. The summed E-state index contributed by atoms with van der Waals surface area (Å²) >= 11 is 0. The van der Waals surface area contributed by atoms with Crippen molar-refractivity contribution >= 4 is 16.7 Å². The Kier molecular flexibility index (Phi) is 4.59. The maximum absolute atomic E-state index is 13.0. The number of rotatable bonds is 3. The predicted molar refractivity (Wildman–Crippen MR) is 99.4 cm³/mol. The number of methoxy groups -OCH3 is 1. The average molecular weight is 355 g/mol. The smallest absolute Gasteiger partial charge is 0.229 e. The quantitative estimate of drug-likeness (QED) is 0.847. The molecule has 5 heteroatoms. The Morgan fingerprint density at radius 1 is 1.08 bits per heavy atom. The van der Waals surface area contributed by atoms with Gasteiger partial charge in [-0.1, -0.05) is 24.3 Å². The topological polar surface area (TPSA) is 48.0 Å². The van der Waals surface area contributed by atoms with Crippen molar-refractivity contribution in [1.29, 1.82) is 0 Å². The van der Waals surface area contributed by atoms with E-state index in [-0.39, 0.29) is 11.8 Å². The molecule has 2 aromatic rings. The third-order valence-electron chi connectivity index (χ3n) is 5.59. The summed E-state index contributed by atoms with van der Waals surface area (Å²) in [4.78, 5) is 14.9. The number of likely N-dealkylation sites (tertiary alicyclic amines) is 1. The summed E-state index contributed by atoms with van der Waals surface area (Å²) in [6.45, 7) is 4.68. The molecule has 0 unspecified atom stereocenters. The second-order valence-electron chi connectivity index (χ2n) is 7.13. The summed E-state index contributed by atoms with van der Waals surface area (Å²) in [6, 6.07) is 12.2. The second kappa shape index (κ2) is 6.89. The Bertz CT molecular complexity index is 803. The zero-order valence-corrected chi connectivity index (χ0v) is 15.4. The van der Waals surface area contributed by atoms with Crippen molar-refractivity contribution in [2.45, 2.75) is 31.5 Å². The van der Waals surface area contributed by atoms with Crippen LogP contribution in [-0.4, -0.2) is 50.0 Å². The highest BCUT2D eigenvalue weighted by Gasteiger charge is 2.41. The van der Waals surface area contributed by atoms with Gasteiger partial charge < -0.3 is 19.1 Å². The first-order chi connectivity index (χ1) is 12.6. The van der Waals surface area contributed by atoms with Gasteiger partial charge >= 0.3 is 0 Å². The molecular formula is C21H25NO4. The number of hydrogen-bond acceptors (Lipinski definition) is 4. The van der Waals surface area contributed by atoms with E-state index in [1.165, 1.54) is 0 Å². The van der Waals surface area contributed by atoms with Crippen LogP contribution in [0, 0.1) is 0 Å². The molecule has 1 amide bonds. The fourth-order valence-electron chi connectivity index (χ4n) is 3.91. The van der Waals surface area contributed by atoms with E-state index in [9.17, 15) is 4.79 Å². The number of carbonyl (C=O) groups is 1. The van der Waals surface area contributed by atoms with Crippen LogP contribution >= 0.6 is 0 Å². The third-order valence-corrected chi connectivity index (χ3v) is 5.59. The Hall–Kier alpha value is -2.11. The van der Waals surface area contributed by atoms with E-state index in [4.69, 9.17) is 14.2 Å². The minimum atomic E-state index is -0.442. The lowest BCUT2D eigenvalue weighted by Crippen LogP contribution is -2.48. The predicted octanol–water partition coefficient (Wildman–Crippen LogP) is 3.32. The van der Waals surface area contributed by atoms with E-state index in [1.807, 2.05) is 36.1 Å². The number of piperidine rings is 1. The number of fused-ring (bicyclic) bond motifs is 1. The lowest BCUT2D eigenvalue weighted by Gasteiger charge is -2.38. The molecule has 0 saturated carbocycles. The SMILES string of the molecule is COc1ccc2cc([C@H](C)C(=O)N3CCC4(CC3)OCCO4)ccc2c1. The molecule has 2 saturated heterocycles. The van der Waals surface area contributed by atoms with Gasteiger partial charge in [-0.3, -0.25) is 4.79 Å². The summed E-state index contributed by atoms with van der Waals surface area (Å²) < 4.78 is 16.8. The van der Waals surface area contributed by atoms with E-state index in [1.54, 1.807) is 7.11 Å². The molecule has 26 heavy (non-hydrogen) atoms. The van der Waals surface area contributed by atoms with Gasteiger partial charge in [-0.2, -0.15) is 0 Å². The molecule has 1 atom stereocenters. The fraction of sp³-hybridized carbons (Fsp3) is 0.476. The second-order valence-corrected chi connectivity index (χ2v) is 7.13. The summed E-state index contributed by atoms with van der Waals surface area (Å²) in [5, 5.41) is 2.23. The molecule has 2 heterocycles. The minimum Gasteiger partial charge on any atom is -0.497 e. The van der Waals surface area contributed by atoms with Crippen LogP contribution in [0.1, 0.15) is 31.2 Å². The van der Waals surface area contributed by atoms with Crippen LogP contribution in [0.15, 0.2) is 36.4 Å². The van der Waals surface area contributed by atoms with E-state index in [0.29, 0.717) is 26.3 Å². The lowest BCUT2D eigenvalue weighted by molar-refractivity contribution is -0.187. The van der Waals surface area contributed by atoms with Crippen molar-refractivity contribution in [3.05, 3.63) is 42.0 Å². The van der Waals surface area contributed by atoms with Gasteiger partial charge in [0.2, 0.25) is 5.91 Å². The fourth-order valence-corrected chi connectivity index (χ4v) is 3.91. The van der Waals surface area contributed by atoms with Crippen LogP contribution in [0.4, 0.5) is 0 Å². The molecule has 0 aromatic heterocycles. The third kappa shape index (κ3) is 3.17. The van der Waals surface area contributed by atoms with E-state index in [0.717, 1.165) is 34.9 Å². The van der Waals surface area contributed by atoms with Crippen LogP contribution in [0.25, 0.3) is 10.8 Å². The highest BCUT2D eigenvalue weighted by molar-refractivity contribution is 5.88. The van der Waals surface area contributed by atoms with Gasteiger partial charge in [-0.25, -0.2) is 0 Å². The lowest BCUT2D eigenvalue weighted by atomic mass is 9.95. The molecule has 0 N–H and O–H groups in total. The molecule has 0 radical (unpaired) electrons. The monoisotopic (exact) mass is 355 g/mol. The van der Waals surface area contributed by atoms with Gasteiger partial charge in [0.05, 0.1) is 26.2 Å². The molecule has 4 rings (SSSR count). The molecule has 5 nitrogen and oxygen atoms in total. The van der Waals surface area contributed by atoms with Gasteiger partial charge in [0.15, 0.2) is 5.79 Å². The highest BCUT2D eigenvalue weighted by Crippen LogP contribution is 2.33. The number of ether oxygens (including phenoxy) is 3.